The lowest BCUT2D eigenvalue weighted by Crippen LogP contribution is -2.17. The maximum atomic E-state index is 10.8. The summed E-state index contributed by atoms with van der Waals surface area (Å²) in [5, 5.41) is 8.84. The molecule has 0 saturated heterocycles. The van der Waals surface area contributed by atoms with E-state index < -0.39 is 0 Å². The third kappa shape index (κ3) is 12.3. The molecule has 0 aliphatic rings. The second-order valence-corrected chi connectivity index (χ2v) is 3.76. The minimum absolute atomic E-state index is 0.0159. The molecule has 0 aliphatic heterocycles. The van der Waals surface area contributed by atoms with Gasteiger partial charge in [-0.15, -0.1) is 0 Å². The molecule has 3 nitrogen and oxygen atoms in total. The van der Waals surface area contributed by atoms with Gasteiger partial charge in [0, 0.05) is 20.0 Å². The van der Waals surface area contributed by atoms with Crippen LogP contribution in [0.1, 0.15) is 33.1 Å². The highest BCUT2D eigenvalue weighted by Gasteiger charge is 2.09. The van der Waals surface area contributed by atoms with Crippen LogP contribution in [0.5, 0.6) is 0 Å². The van der Waals surface area contributed by atoms with Gasteiger partial charge in [-0.1, -0.05) is 24.0 Å². The second kappa shape index (κ2) is 12.5. The number of carbonyl (C=O) groups excluding carboxylic acids is 1. The molecule has 0 rings (SSSR count). The summed E-state index contributed by atoms with van der Waals surface area (Å²) < 4.78 is 5.06. The third-order valence-corrected chi connectivity index (χ3v) is 2.10. The Morgan fingerprint density at radius 1 is 1.26 bits per heavy atom. The van der Waals surface area contributed by atoms with Crippen molar-refractivity contribution in [2.75, 3.05) is 6.61 Å². The van der Waals surface area contributed by atoms with Crippen LogP contribution in [-0.2, 0) is 9.53 Å². The van der Waals surface area contributed by atoms with Crippen LogP contribution in [-0.4, -0.2) is 23.8 Å². The lowest BCUT2D eigenvalue weighted by Gasteiger charge is -2.14. The van der Waals surface area contributed by atoms with E-state index in [4.69, 9.17) is 9.84 Å². The van der Waals surface area contributed by atoms with Gasteiger partial charge >= 0.3 is 5.97 Å². The largest absolute Gasteiger partial charge is 0.462 e. The van der Waals surface area contributed by atoms with Crippen molar-refractivity contribution in [1.82, 2.24) is 0 Å². The number of hydrogen-bond acceptors (Lipinski definition) is 3. The highest BCUT2D eigenvalue weighted by molar-refractivity contribution is 5.66. The van der Waals surface area contributed by atoms with E-state index >= 15 is 0 Å². The molecule has 1 N–H and O–H groups in total. The zero-order valence-corrected chi connectivity index (χ0v) is 11.5. The predicted octanol–water partition coefficient (Wildman–Crippen LogP) is 2.22. The van der Waals surface area contributed by atoms with Gasteiger partial charge in [0.15, 0.2) is 0 Å². The van der Waals surface area contributed by atoms with E-state index in [9.17, 15) is 4.79 Å². The fourth-order valence-electron chi connectivity index (χ4n) is 1.30. The van der Waals surface area contributed by atoms with Gasteiger partial charge in [-0.25, -0.2) is 0 Å². The predicted molar refractivity (Wildman–Crippen MR) is 76.0 cm³/mol. The molecule has 0 radical (unpaired) electrons. The normalized spacial score (nSPS) is 11.5. The zero-order valence-electron chi connectivity index (χ0n) is 11.5. The van der Waals surface area contributed by atoms with Gasteiger partial charge in [0.2, 0.25) is 0 Å². The van der Waals surface area contributed by atoms with E-state index in [1.54, 1.807) is 12.2 Å². The third-order valence-electron chi connectivity index (χ3n) is 2.10. The Hall–Kier alpha value is -1.97. The number of aliphatic hydroxyl groups is 1. The minimum Gasteiger partial charge on any atom is -0.462 e. The van der Waals surface area contributed by atoms with E-state index in [1.807, 2.05) is 19.1 Å². The topological polar surface area (TPSA) is 46.5 Å². The molecule has 0 aromatic carbocycles. The van der Waals surface area contributed by atoms with Crippen LogP contribution in [0, 0.1) is 23.7 Å². The van der Waals surface area contributed by atoms with Crippen LogP contribution in [0.2, 0.25) is 0 Å². The monoisotopic (exact) mass is 260 g/mol. The Labute approximate surface area is 115 Å². The van der Waals surface area contributed by atoms with Crippen LogP contribution in [0.4, 0.5) is 0 Å². The van der Waals surface area contributed by atoms with Gasteiger partial charge < -0.3 is 9.84 Å². The summed E-state index contributed by atoms with van der Waals surface area (Å²) in [5.41, 5.74) is 0. The first-order valence-electron chi connectivity index (χ1n) is 6.26. The summed E-state index contributed by atoms with van der Waals surface area (Å²) in [6.07, 6.45) is 8.88. The molecule has 1 unspecified atom stereocenters. The average molecular weight is 260 g/mol. The molecule has 19 heavy (non-hydrogen) atoms. The van der Waals surface area contributed by atoms with Gasteiger partial charge in [0.05, 0.1) is 0 Å². The second-order valence-electron chi connectivity index (χ2n) is 3.76. The van der Waals surface area contributed by atoms with E-state index in [1.165, 1.54) is 6.92 Å². The standard InChI is InChI=1S/C16H20O3/c1-3-4-5-6-7-8-9-10-11-12-16(13-14-17)19-15(2)18/h3-4,9-10,16-17H,11-14H2,1-2H3. The number of esters is 1. The SMILES string of the molecule is CC=CC#CC#CC=CCCC(CCO)OC(C)=O. The number of rotatable bonds is 6. The maximum absolute atomic E-state index is 10.8. The van der Waals surface area contributed by atoms with Crippen molar-refractivity contribution in [2.45, 2.75) is 39.2 Å². The van der Waals surface area contributed by atoms with Crippen molar-refractivity contribution in [3.8, 4) is 23.7 Å². The van der Waals surface area contributed by atoms with Crippen molar-refractivity contribution in [3.05, 3.63) is 24.3 Å². The molecule has 0 aromatic rings. The van der Waals surface area contributed by atoms with E-state index in [-0.39, 0.29) is 18.7 Å². The molecular formula is C16H20O3. The molecule has 1 atom stereocenters. The van der Waals surface area contributed by atoms with E-state index in [0.717, 1.165) is 6.42 Å². The number of ether oxygens (including phenoxy) is 1. The molecule has 0 fully saturated rings. The lowest BCUT2D eigenvalue weighted by molar-refractivity contribution is -0.147. The molecule has 3 heteroatoms. The van der Waals surface area contributed by atoms with Gasteiger partial charge in [0.1, 0.15) is 6.10 Å². The average Bonchev–Trinajstić information content (AvgIpc) is 2.36. The maximum Gasteiger partial charge on any atom is 0.302 e. The Kier molecular flexibility index (Phi) is 11.2. The molecule has 0 bridgehead atoms. The van der Waals surface area contributed by atoms with Crippen molar-refractivity contribution in [2.24, 2.45) is 0 Å². The first-order valence-corrected chi connectivity index (χ1v) is 6.26. The molecule has 0 aliphatic carbocycles. The summed E-state index contributed by atoms with van der Waals surface area (Å²) in [5.74, 6) is 10.6. The molecule has 0 amide bonds. The quantitative estimate of drug-likeness (QED) is 0.588. The molecule has 0 aromatic heterocycles. The Balaban J connectivity index is 3.98. The Bertz CT molecular complexity index is 424. The highest BCUT2D eigenvalue weighted by atomic mass is 16.5. The lowest BCUT2D eigenvalue weighted by atomic mass is 10.1. The molecule has 102 valence electrons. The van der Waals surface area contributed by atoms with Crippen molar-refractivity contribution >= 4 is 5.97 Å². The summed E-state index contributed by atoms with van der Waals surface area (Å²) in [6.45, 7) is 3.28. The Morgan fingerprint density at radius 3 is 2.53 bits per heavy atom. The van der Waals surface area contributed by atoms with Crippen molar-refractivity contribution in [3.63, 3.8) is 0 Å². The molecule has 0 heterocycles. The zero-order chi connectivity index (χ0) is 14.3. The summed E-state index contributed by atoms with van der Waals surface area (Å²) in [7, 11) is 0. The number of hydrogen-bond donors (Lipinski definition) is 1. The van der Waals surface area contributed by atoms with Gasteiger partial charge in [-0.3, -0.25) is 4.79 Å². The fraction of sp³-hybridized carbons (Fsp3) is 0.438. The Morgan fingerprint density at radius 2 is 1.95 bits per heavy atom. The van der Waals surface area contributed by atoms with Gasteiger partial charge in [-0.05, 0) is 43.8 Å². The molecular weight excluding hydrogens is 240 g/mol. The first-order chi connectivity index (χ1) is 9.20. The number of carbonyl (C=O) groups is 1. The molecule has 0 saturated carbocycles. The number of allylic oxidation sites excluding steroid dienone is 4. The van der Waals surface area contributed by atoms with Crippen LogP contribution >= 0.6 is 0 Å². The fourth-order valence-corrected chi connectivity index (χ4v) is 1.30. The summed E-state index contributed by atoms with van der Waals surface area (Å²) in [4.78, 5) is 10.8. The van der Waals surface area contributed by atoms with Gasteiger partial charge in [0.25, 0.3) is 0 Å². The van der Waals surface area contributed by atoms with Crippen LogP contribution in [0.3, 0.4) is 0 Å². The van der Waals surface area contributed by atoms with Crippen LogP contribution in [0.25, 0.3) is 0 Å². The van der Waals surface area contributed by atoms with Crippen LogP contribution < -0.4 is 0 Å². The first kappa shape index (κ1) is 17.0. The van der Waals surface area contributed by atoms with E-state index in [0.29, 0.717) is 12.8 Å². The highest BCUT2D eigenvalue weighted by Crippen LogP contribution is 2.07. The number of aliphatic hydroxyl groups excluding tert-OH is 1. The molecule has 0 spiro atoms. The van der Waals surface area contributed by atoms with E-state index in [2.05, 4.69) is 23.7 Å². The summed E-state index contributed by atoms with van der Waals surface area (Å²) in [6, 6.07) is 0. The minimum atomic E-state index is -0.318. The summed E-state index contributed by atoms with van der Waals surface area (Å²) >= 11 is 0. The van der Waals surface area contributed by atoms with Crippen LogP contribution in [0.15, 0.2) is 24.3 Å². The van der Waals surface area contributed by atoms with Gasteiger partial charge in [-0.2, -0.15) is 0 Å². The van der Waals surface area contributed by atoms with Crippen molar-refractivity contribution < 1.29 is 14.6 Å². The smallest absolute Gasteiger partial charge is 0.302 e. The van der Waals surface area contributed by atoms with Crippen molar-refractivity contribution in [1.29, 1.82) is 0 Å².